The molecule has 0 heterocycles. The summed E-state index contributed by atoms with van der Waals surface area (Å²) in [6.45, 7) is 0.152. The van der Waals surface area contributed by atoms with E-state index in [2.05, 4.69) is 4.99 Å². The highest BCUT2D eigenvalue weighted by Gasteiger charge is 1.88. The Labute approximate surface area is 46.4 Å². The van der Waals surface area contributed by atoms with E-state index in [-0.39, 0.29) is 13.0 Å². The summed E-state index contributed by atoms with van der Waals surface area (Å²) in [6, 6.07) is 0. The number of hydrogen-bond donors (Lipinski definition) is 1. The molecule has 4 heteroatoms. The number of carbonyl (C=O) groups excluding carboxylic acids is 2. The molecule has 0 saturated heterocycles. The highest BCUT2D eigenvalue weighted by molar-refractivity contribution is 5.73. The molecule has 2 N–H and O–H groups in total. The van der Waals surface area contributed by atoms with Gasteiger partial charge in [0.25, 0.3) is 0 Å². The maximum absolute atomic E-state index is 9.91. The van der Waals surface area contributed by atoms with E-state index >= 15 is 0 Å². The molecule has 0 aliphatic rings. The van der Waals surface area contributed by atoms with Crippen molar-refractivity contribution in [3.63, 3.8) is 0 Å². The van der Waals surface area contributed by atoms with Crippen LogP contribution in [0.15, 0.2) is 4.99 Å². The first-order valence-electron chi connectivity index (χ1n) is 2.09. The van der Waals surface area contributed by atoms with Crippen LogP contribution in [0.4, 0.5) is 0 Å². The molecule has 0 aliphatic heterocycles. The van der Waals surface area contributed by atoms with Crippen molar-refractivity contribution >= 4 is 12.0 Å². The van der Waals surface area contributed by atoms with E-state index < -0.39 is 5.91 Å². The normalized spacial score (nSPS) is 7.50. The molecule has 0 aromatic rings. The molecule has 8 heavy (non-hydrogen) atoms. The van der Waals surface area contributed by atoms with Gasteiger partial charge in [-0.25, -0.2) is 9.79 Å². The zero-order valence-electron chi connectivity index (χ0n) is 4.26. The number of isocyanates is 1. The lowest BCUT2D eigenvalue weighted by molar-refractivity contribution is -0.117. The van der Waals surface area contributed by atoms with E-state index in [9.17, 15) is 9.59 Å². The Morgan fingerprint density at radius 1 is 1.75 bits per heavy atom. The van der Waals surface area contributed by atoms with E-state index in [1.165, 1.54) is 6.08 Å². The number of primary amides is 1. The highest BCUT2D eigenvalue weighted by atomic mass is 16.1. The van der Waals surface area contributed by atoms with Gasteiger partial charge < -0.3 is 5.73 Å². The molecule has 0 aliphatic carbocycles. The molecule has 4 nitrogen and oxygen atoms in total. The maximum atomic E-state index is 9.91. The molecule has 0 aromatic carbocycles. The molecular weight excluding hydrogens is 108 g/mol. The standard InChI is InChI=1S/C4H6N2O2/c5-4(8)1-2-6-3-7/h1-2H2,(H2,5,8). The molecule has 0 unspecified atom stereocenters. The average Bonchev–Trinajstić information content (AvgIpc) is 1.66. The minimum atomic E-state index is -0.455. The quantitative estimate of drug-likeness (QED) is 0.385. The fraction of sp³-hybridized carbons (Fsp3) is 0.500. The van der Waals surface area contributed by atoms with Crippen molar-refractivity contribution < 1.29 is 9.59 Å². The third kappa shape index (κ3) is 4.85. The third-order valence-electron chi connectivity index (χ3n) is 0.535. The Kier molecular flexibility index (Phi) is 3.44. The average molecular weight is 114 g/mol. The van der Waals surface area contributed by atoms with Gasteiger partial charge in [-0.2, -0.15) is 0 Å². The molecule has 0 fully saturated rings. The lowest BCUT2D eigenvalue weighted by Gasteiger charge is -1.82. The minimum absolute atomic E-state index is 0.120. The van der Waals surface area contributed by atoms with Crippen molar-refractivity contribution in [1.29, 1.82) is 0 Å². The predicted octanol–water partition coefficient (Wildman–Crippen LogP) is -0.802. The topological polar surface area (TPSA) is 72.5 Å². The van der Waals surface area contributed by atoms with Crippen molar-refractivity contribution in [2.75, 3.05) is 6.54 Å². The van der Waals surface area contributed by atoms with Crippen molar-refractivity contribution in [3.05, 3.63) is 0 Å². The van der Waals surface area contributed by atoms with E-state index in [0.717, 1.165) is 0 Å². The predicted molar refractivity (Wildman–Crippen MR) is 26.8 cm³/mol. The molecule has 0 aromatic heterocycles. The molecular formula is C4H6N2O2. The van der Waals surface area contributed by atoms with Crippen LogP contribution >= 0.6 is 0 Å². The largest absolute Gasteiger partial charge is 0.370 e. The second-order valence-corrected chi connectivity index (χ2v) is 1.19. The van der Waals surface area contributed by atoms with Gasteiger partial charge in [0, 0.05) is 6.42 Å². The first-order valence-corrected chi connectivity index (χ1v) is 2.09. The van der Waals surface area contributed by atoms with Gasteiger partial charge in [0.1, 0.15) is 0 Å². The van der Waals surface area contributed by atoms with Crippen LogP contribution in [-0.4, -0.2) is 18.5 Å². The second-order valence-electron chi connectivity index (χ2n) is 1.19. The summed E-state index contributed by atoms with van der Waals surface area (Å²) in [6.07, 6.45) is 1.41. The fourth-order valence-electron chi connectivity index (χ4n) is 0.212. The van der Waals surface area contributed by atoms with Crippen LogP contribution in [0.2, 0.25) is 0 Å². The van der Waals surface area contributed by atoms with Gasteiger partial charge in [0.05, 0.1) is 6.54 Å². The van der Waals surface area contributed by atoms with Gasteiger partial charge >= 0.3 is 0 Å². The lowest BCUT2D eigenvalue weighted by Crippen LogP contribution is -2.11. The third-order valence-corrected chi connectivity index (χ3v) is 0.535. The van der Waals surface area contributed by atoms with E-state index in [4.69, 9.17) is 5.73 Å². The maximum Gasteiger partial charge on any atom is 0.234 e. The van der Waals surface area contributed by atoms with Crippen LogP contribution < -0.4 is 5.73 Å². The van der Waals surface area contributed by atoms with Gasteiger partial charge in [-0.15, -0.1) is 0 Å². The molecule has 0 bridgehead atoms. The molecule has 1 amide bonds. The number of nitrogens with zero attached hydrogens (tertiary/aromatic N) is 1. The van der Waals surface area contributed by atoms with E-state index in [1.54, 1.807) is 0 Å². The number of amides is 1. The van der Waals surface area contributed by atoms with Gasteiger partial charge in [-0.05, 0) is 0 Å². The molecule has 0 rings (SSSR count). The SMILES string of the molecule is NC(=O)CCN=C=O. The number of aliphatic imine (C=N–C) groups is 1. The molecule has 0 radical (unpaired) electrons. The van der Waals surface area contributed by atoms with Crippen LogP contribution in [-0.2, 0) is 9.59 Å². The van der Waals surface area contributed by atoms with Crippen LogP contribution in [0.25, 0.3) is 0 Å². The zero-order valence-corrected chi connectivity index (χ0v) is 4.26. The monoisotopic (exact) mass is 114 g/mol. The number of nitrogens with two attached hydrogens (primary N) is 1. The van der Waals surface area contributed by atoms with Crippen LogP contribution in [0.3, 0.4) is 0 Å². The van der Waals surface area contributed by atoms with Crippen LogP contribution in [0, 0.1) is 0 Å². The first-order chi connectivity index (χ1) is 3.77. The van der Waals surface area contributed by atoms with Gasteiger partial charge in [0.2, 0.25) is 12.0 Å². The second kappa shape index (κ2) is 4.02. The molecule has 44 valence electrons. The summed E-state index contributed by atoms with van der Waals surface area (Å²) >= 11 is 0. The van der Waals surface area contributed by atoms with Gasteiger partial charge in [0.15, 0.2) is 0 Å². The van der Waals surface area contributed by atoms with Crippen molar-refractivity contribution in [2.45, 2.75) is 6.42 Å². The number of rotatable bonds is 3. The highest BCUT2D eigenvalue weighted by Crippen LogP contribution is 1.74. The summed E-state index contributed by atoms with van der Waals surface area (Å²) in [7, 11) is 0. The summed E-state index contributed by atoms with van der Waals surface area (Å²) in [5.74, 6) is -0.455. The number of carbonyl (C=O) groups is 1. The van der Waals surface area contributed by atoms with Crippen molar-refractivity contribution in [3.8, 4) is 0 Å². The Bertz CT molecular complexity index is 124. The summed E-state index contributed by atoms with van der Waals surface area (Å²) in [5, 5.41) is 0. The summed E-state index contributed by atoms with van der Waals surface area (Å²) in [5.41, 5.74) is 4.70. The first kappa shape index (κ1) is 6.85. The zero-order chi connectivity index (χ0) is 6.41. The molecule has 0 saturated carbocycles. The summed E-state index contributed by atoms with van der Waals surface area (Å²) < 4.78 is 0. The van der Waals surface area contributed by atoms with Crippen molar-refractivity contribution in [2.24, 2.45) is 10.7 Å². The van der Waals surface area contributed by atoms with E-state index in [0.29, 0.717) is 0 Å². The van der Waals surface area contributed by atoms with Gasteiger partial charge in [-0.3, -0.25) is 4.79 Å². The molecule has 0 spiro atoms. The Morgan fingerprint density at radius 3 is 2.75 bits per heavy atom. The smallest absolute Gasteiger partial charge is 0.234 e. The Morgan fingerprint density at radius 2 is 2.38 bits per heavy atom. The minimum Gasteiger partial charge on any atom is -0.370 e. The molecule has 0 atom stereocenters. The fourth-order valence-corrected chi connectivity index (χ4v) is 0.212. The lowest BCUT2D eigenvalue weighted by atomic mass is 10.4. The number of hydrogen-bond acceptors (Lipinski definition) is 3. The van der Waals surface area contributed by atoms with Crippen molar-refractivity contribution in [1.82, 2.24) is 0 Å². The van der Waals surface area contributed by atoms with Crippen LogP contribution in [0.5, 0.6) is 0 Å². The Balaban J connectivity index is 3.18. The van der Waals surface area contributed by atoms with Gasteiger partial charge in [-0.1, -0.05) is 0 Å². The summed E-state index contributed by atoms with van der Waals surface area (Å²) in [4.78, 5) is 22.4. The van der Waals surface area contributed by atoms with Crippen LogP contribution in [0.1, 0.15) is 6.42 Å². The van der Waals surface area contributed by atoms with E-state index in [1.807, 2.05) is 0 Å². The Hall–Kier alpha value is -1.15.